The molecule has 2 aromatic heterocycles. The van der Waals surface area contributed by atoms with Crippen molar-refractivity contribution in [2.45, 2.75) is 45.8 Å². The molecule has 1 aromatic carbocycles. The summed E-state index contributed by atoms with van der Waals surface area (Å²) in [6, 6.07) is 11.9. The van der Waals surface area contributed by atoms with Gasteiger partial charge in [0, 0.05) is 38.1 Å². The monoisotopic (exact) mass is 436 g/mol. The largest absolute Gasteiger partial charge is 0.474 e. The first-order valence-electron chi connectivity index (χ1n) is 10.8. The number of piperidine rings is 1. The van der Waals surface area contributed by atoms with Crippen molar-refractivity contribution < 1.29 is 14.3 Å². The first-order chi connectivity index (χ1) is 15.5. The van der Waals surface area contributed by atoms with E-state index in [0.29, 0.717) is 30.6 Å². The Labute approximate surface area is 187 Å². The zero-order chi connectivity index (χ0) is 22.5. The second kappa shape index (κ2) is 9.67. The predicted molar refractivity (Wildman–Crippen MR) is 121 cm³/mol. The summed E-state index contributed by atoms with van der Waals surface area (Å²) in [5.41, 5.74) is 3.19. The van der Waals surface area contributed by atoms with Gasteiger partial charge in [0.2, 0.25) is 5.88 Å². The van der Waals surface area contributed by atoms with E-state index in [2.05, 4.69) is 56.7 Å². The molecule has 0 atom stereocenters. The van der Waals surface area contributed by atoms with Crippen LogP contribution in [0.1, 0.15) is 32.3 Å². The second-order valence-corrected chi connectivity index (χ2v) is 8.14. The molecule has 2 N–H and O–H groups in total. The Morgan fingerprint density at radius 2 is 1.88 bits per heavy atom. The van der Waals surface area contributed by atoms with Crippen molar-refractivity contribution in [1.82, 2.24) is 25.1 Å². The molecule has 1 saturated heterocycles. The maximum Gasteiger partial charge on any atom is 0.410 e. The Morgan fingerprint density at radius 3 is 2.59 bits per heavy atom. The van der Waals surface area contributed by atoms with Crippen LogP contribution in [0.25, 0.3) is 11.3 Å². The van der Waals surface area contributed by atoms with Gasteiger partial charge in [0.15, 0.2) is 5.82 Å². The van der Waals surface area contributed by atoms with E-state index in [-0.39, 0.29) is 18.3 Å². The zero-order valence-corrected chi connectivity index (χ0v) is 18.5. The molecule has 0 aliphatic carbocycles. The normalized spacial score (nSPS) is 14.4. The number of rotatable bonds is 6. The summed E-state index contributed by atoms with van der Waals surface area (Å²) in [5.74, 6) is 1.73. The number of amides is 1. The molecule has 0 unspecified atom stereocenters. The lowest BCUT2D eigenvalue weighted by molar-refractivity contribution is 0.0507. The van der Waals surface area contributed by atoms with Crippen molar-refractivity contribution in [1.29, 1.82) is 0 Å². The van der Waals surface area contributed by atoms with Crippen LogP contribution in [0.3, 0.4) is 0 Å². The number of hydrogen-bond acceptors (Lipinski definition) is 7. The molecule has 1 aliphatic rings. The third-order valence-corrected chi connectivity index (χ3v) is 5.16. The minimum absolute atomic E-state index is 0.0145. The smallest absolute Gasteiger partial charge is 0.410 e. The van der Waals surface area contributed by atoms with Gasteiger partial charge in [0.25, 0.3) is 0 Å². The van der Waals surface area contributed by atoms with Gasteiger partial charge in [-0.1, -0.05) is 29.8 Å². The molecular formula is C23H28N6O3. The molecule has 1 fully saturated rings. The van der Waals surface area contributed by atoms with E-state index in [1.807, 2.05) is 19.9 Å². The van der Waals surface area contributed by atoms with Crippen molar-refractivity contribution in [2.24, 2.45) is 0 Å². The molecule has 1 amide bonds. The van der Waals surface area contributed by atoms with E-state index in [0.717, 1.165) is 24.1 Å². The number of benzene rings is 1. The van der Waals surface area contributed by atoms with Gasteiger partial charge in [-0.15, -0.1) is 0 Å². The maximum absolute atomic E-state index is 12.0. The summed E-state index contributed by atoms with van der Waals surface area (Å²) in [7, 11) is 0. The Kier molecular flexibility index (Phi) is 6.53. The Balaban J connectivity index is 1.33. The average Bonchev–Trinajstić information content (AvgIpc) is 3.23. The van der Waals surface area contributed by atoms with Crippen molar-refractivity contribution in [3.8, 4) is 17.1 Å². The van der Waals surface area contributed by atoms with Crippen LogP contribution >= 0.6 is 0 Å². The molecule has 1 aliphatic heterocycles. The quantitative estimate of drug-likeness (QED) is 0.593. The van der Waals surface area contributed by atoms with Crippen LogP contribution in [0.2, 0.25) is 0 Å². The lowest BCUT2D eigenvalue weighted by Gasteiger charge is -2.31. The number of ether oxygens (including phenoxy) is 2. The molecule has 0 bridgehead atoms. The van der Waals surface area contributed by atoms with Gasteiger partial charge < -0.3 is 19.7 Å². The summed E-state index contributed by atoms with van der Waals surface area (Å²) in [5, 5.41) is 10.5. The van der Waals surface area contributed by atoms with Crippen LogP contribution in [0.5, 0.6) is 5.88 Å². The number of nitrogens with one attached hydrogen (secondary N) is 2. The lowest BCUT2D eigenvalue weighted by atomic mass is 10.1. The van der Waals surface area contributed by atoms with Gasteiger partial charge in [-0.05, 0) is 26.3 Å². The number of nitrogens with zero attached hydrogens (tertiary/aromatic N) is 4. The van der Waals surface area contributed by atoms with Crippen LogP contribution in [-0.4, -0.2) is 56.5 Å². The van der Waals surface area contributed by atoms with E-state index in [1.165, 1.54) is 11.9 Å². The lowest BCUT2D eigenvalue weighted by Crippen LogP contribution is -2.42. The Hall–Kier alpha value is -3.62. The number of aromatic amines is 1. The number of hydrogen-bond donors (Lipinski definition) is 2. The topological polar surface area (TPSA) is 105 Å². The van der Waals surface area contributed by atoms with Gasteiger partial charge in [0.05, 0.1) is 11.8 Å². The van der Waals surface area contributed by atoms with Crippen molar-refractivity contribution in [3.05, 3.63) is 48.3 Å². The van der Waals surface area contributed by atoms with E-state index in [9.17, 15) is 4.79 Å². The molecule has 0 spiro atoms. The average molecular weight is 437 g/mol. The molecule has 32 heavy (non-hydrogen) atoms. The Morgan fingerprint density at radius 1 is 1.12 bits per heavy atom. The first-order valence-corrected chi connectivity index (χ1v) is 10.8. The minimum Gasteiger partial charge on any atom is -0.474 e. The third-order valence-electron chi connectivity index (χ3n) is 5.16. The summed E-state index contributed by atoms with van der Waals surface area (Å²) < 4.78 is 11.3. The number of aromatic nitrogens is 4. The molecular weight excluding hydrogens is 408 g/mol. The minimum atomic E-state index is -0.268. The maximum atomic E-state index is 12.0. The number of carbonyl (C=O) groups excluding carboxylic acids is 1. The fourth-order valence-electron chi connectivity index (χ4n) is 3.47. The van der Waals surface area contributed by atoms with Crippen molar-refractivity contribution >= 4 is 17.7 Å². The van der Waals surface area contributed by atoms with E-state index in [4.69, 9.17) is 9.47 Å². The van der Waals surface area contributed by atoms with E-state index < -0.39 is 0 Å². The van der Waals surface area contributed by atoms with Gasteiger partial charge in [-0.3, -0.25) is 5.10 Å². The standard InChI is InChI=1S/C23H28N6O3/c1-15(2)31-23(30)29-10-8-18(9-11-29)32-22-13-20(24-14-25-22)26-21-12-19(27-28-21)17-6-4-16(3)5-7-17/h4-7,12-15,18H,8-11H2,1-3H3,(H2,24,25,26,27,28). The fraction of sp³-hybridized carbons (Fsp3) is 0.391. The van der Waals surface area contributed by atoms with Crippen molar-refractivity contribution in [2.75, 3.05) is 18.4 Å². The summed E-state index contributed by atoms with van der Waals surface area (Å²) >= 11 is 0. The second-order valence-electron chi connectivity index (χ2n) is 8.14. The molecule has 168 valence electrons. The van der Waals surface area contributed by atoms with Crippen LogP contribution in [0.15, 0.2) is 42.7 Å². The number of aryl methyl sites for hydroxylation is 1. The van der Waals surface area contributed by atoms with Gasteiger partial charge in [0.1, 0.15) is 18.2 Å². The molecule has 9 heteroatoms. The molecule has 3 aromatic rings. The van der Waals surface area contributed by atoms with E-state index >= 15 is 0 Å². The van der Waals surface area contributed by atoms with E-state index in [1.54, 1.807) is 11.0 Å². The predicted octanol–water partition coefficient (Wildman–Crippen LogP) is 4.31. The van der Waals surface area contributed by atoms with Crippen molar-refractivity contribution in [3.63, 3.8) is 0 Å². The molecule has 0 saturated carbocycles. The molecule has 9 nitrogen and oxygen atoms in total. The first kappa shape index (κ1) is 21.6. The number of carbonyl (C=O) groups is 1. The zero-order valence-electron chi connectivity index (χ0n) is 18.5. The van der Waals surface area contributed by atoms with Gasteiger partial charge >= 0.3 is 6.09 Å². The van der Waals surface area contributed by atoms with Crippen LogP contribution in [0, 0.1) is 6.92 Å². The summed E-state index contributed by atoms with van der Waals surface area (Å²) in [4.78, 5) is 22.2. The highest BCUT2D eigenvalue weighted by Gasteiger charge is 2.25. The Bertz CT molecular complexity index is 1040. The number of likely N-dealkylation sites (tertiary alicyclic amines) is 1. The highest BCUT2D eigenvalue weighted by Crippen LogP contribution is 2.24. The fourth-order valence-corrected chi connectivity index (χ4v) is 3.47. The van der Waals surface area contributed by atoms with Crippen LogP contribution in [0.4, 0.5) is 16.4 Å². The molecule has 3 heterocycles. The number of anilines is 2. The summed E-state index contributed by atoms with van der Waals surface area (Å²) in [6.07, 6.45) is 2.50. The van der Waals surface area contributed by atoms with Gasteiger partial charge in [-0.2, -0.15) is 5.10 Å². The highest BCUT2D eigenvalue weighted by atomic mass is 16.6. The molecule has 4 rings (SSSR count). The SMILES string of the molecule is Cc1ccc(-c2cc(Nc3cc(OC4CCN(C(=O)OC(C)C)CC4)ncn3)n[nH]2)cc1. The third kappa shape index (κ3) is 5.54. The number of H-pyrrole nitrogens is 1. The van der Waals surface area contributed by atoms with Crippen LogP contribution in [-0.2, 0) is 4.74 Å². The molecule has 0 radical (unpaired) electrons. The highest BCUT2D eigenvalue weighted by molar-refractivity contribution is 5.68. The van der Waals surface area contributed by atoms with Crippen LogP contribution < -0.4 is 10.1 Å². The van der Waals surface area contributed by atoms with Gasteiger partial charge in [-0.25, -0.2) is 14.8 Å². The summed E-state index contributed by atoms with van der Waals surface area (Å²) in [6.45, 7) is 6.95.